The fraction of sp³-hybridized carbons (Fsp3) is 0.211. The predicted octanol–water partition coefficient (Wildman–Crippen LogP) is 2.54. The first-order valence-electron chi connectivity index (χ1n) is 7.99. The summed E-state index contributed by atoms with van der Waals surface area (Å²) in [7, 11) is -3.22. The van der Waals surface area contributed by atoms with Crippen LogP contribution < -0.4 is 0 Å². The molecule has 130 valence electrons. The Morgan fingerprint density at radius 1 is 1.04 bits per heavy atom. The van der Waals surface area contributed by atoms with Gasteiger partial charge in [0.1, 0.15) is 0 Å². The van der Waals surface area contributed by atoms with Crippen molar-refractivity contribution in [3.8, 4) is 11.3 Å². The van der Waals surface area contributed by atoms with Gasteiger partial charge in [0.2, 0.25) is 0 Å². The summed E-state index contributed by atoms with van der Waals surface area (Å²) in [6.45, 7) is 0.433. The Balaban J connectivity index is 1.99. The lowest BCUT2D eigenvalue weighted by Crippen LogP contribution is -2.02. The topological polar surface area (TPSA) is 72.2 Å². The van der Waals surface area contributed by atoms with Crippen molar-refractivity contribution in [1.82, 2.24) is 9.78 Å². The molecule has 6 heteroatoms. The first kappa shape index (κ1) is 17.4. The maximum absolute atomic E-state index is 11.6. The average Bonchev–Trinajstić information content (AvgIpc) is 2.98. The third-order valence-electron chi connectivity index (χ3n) is 3.96. The van der Waals surface area contributed by atoms with E-state index in [0.717, 1.165) is 23.2 Å². The number of aliphatic hydroxyl groups excluding tert-OH is 1. The molecule has 0 aliphatic carbocycles. The zero-order valence-corrected chi connectivity index (χ0v) is 14.8. The summed E-state index contributed by atoms with van der Waals surface area (Å²) in [5.41, 5.74) is 3.86. The lowest BCUT2D eigenvalue weighted by atomic mass is 10.0. The van der Waals surface area contributed by atoms with Gasteiger partial charge in [-0.05, 0) is 17.7 Å². The summed E-state index contributed by atoms with van der Waals surface area (Å²) in [4.78, 5) is 0.288. The molecule has 0 atom stereocenters. The molecule has 0 saturated carbocycles. The van der Waals surface area contributed by atoms with Crippen LogP contribution in [0.4, 0.5) is 0 Å². The van der Waals surface area contributed by atoms with Crippen molar-refractivity contribution >= 4 is 9.84 Å². The fourth-order valence-corrected chi connectivity index (χ4v) is 3.36. The molecule has 0 radical (unpaired) electrons. The van der Waals surface area contributed by atoms with Gasteiger partial charge in [-0.15, -0.1) is 0 Å². The van der Waals surface area contributed by atoms with Gasteiger partial charge in [0.05, 0.1) is 23.7 Å². The van der Waals surface area contributed by atoms with Gasteiger partial charge in [0.25, 0.3) is 0 Å². The molecule has 0 bridgehead atoms. The smallest absolute Gasteiger partial charge is 0.175 e. The van der Waals surface area contributed by atoms with Gasteiger partial charge in [-0.1, -0.05) is 42.5 Å². The van der Waals surface area contributed by atoms with E-state index in [1.54, 1.807) is 28.9 Å². The molecule has 5 nitrogen and oxygen atoms in total. The average molecular weight is 356 g/mol. The van der Waals surface area contributed by atoms with E-state index in [1.165, 1.54) is 11.8 Å². The Bertz CT molecular complexity index is 946. The van der Waals surface area contributed by atoms with Crippen LogP contribution >= 0.6 is 0 Å². The minimum Gasteiger partial charge on any atom is -0.394 e. The quantitative estimate of drug-likeness (QED) is 0.737. The van der Waals surface area contributed by atoms with Crippen LogP contribution in [0.25, 0.3) is 11.3 Å². The second kappa shape index (κ2) is 7.21. The molecule has 0 fully saturated rings. The summed E-state index contributed by atoms with van der Waals surface area (Å²) in [5, 5.41) is 13.7. The van der Waals surface area contributed by atoms with E-state index < -0.39 is 9.84 Å². The van der Waals surface area contributed by atoms with Crippen LogP contribution in [0.5, 0.6) is 0 Å². The van der Waals surface area contributed by atoms with Crippen LogP contribution in [0.2, 0.25) is 0 Å². The molecular formula is C19H20N2O3S. The van der Waals surface area contributed by atoms with Crippen molar-refractivity contribution in [3.05, 3.63) is 71.9 Å². The Labute approximate surface area is 147 Å². The third kappa shape index (κ3) is 4.15. The highest BCUT2D eigenvalue weighted by atomic mass is 32.2. The summed E-state index contributed by atoms with van der Waals surface area (Å²) in [5.74, 6) is 0. The lowest BCUT2D eigenvalue weighted by Gasteiger charge is -2.04. The van der Waals surface area contributed by atoms with Gasteiger partial charge in [-0.3, -0.25) is 4.68 Å². The molecule has 3 aromatic rings. The maximum atomic E-state index is 11.6. The van der Waals surface area contributed by atoms with E-state index in [9.17, 15) is 13.5 Å². The van der Waals surface area contributed by atoms with Gasteiger partial charge in [0, 0.05) is 30.0 Å². The number of nitrogens with zero attached hydrogens (tertiary/aromatic N) is 2. The van der Waals surface area contributed by atoms with Crippen LogP contribution in [-0.2, 0) is 22.8 Å². The van der Waals surface area contributed by atoms with Crippen LogP contribution in [0, 0.1) is 0 Å². The summed E-state index contributed by atoms with van der Waals surface area (Å²) in [6.07, 6.45) is 3.84. The van der Waals surface area contributed by atoms with Crippen molar-refractivity contribution in [2.24, 2.45) is 0 Å². The molecule has 25 heavy (non-hydrogen) atoms. The molecule has 3 rings (SSSR count). The van der Waals surface area contributed by atoms with Crippen molar-refractivity contribution < 1.29 is 13.5 Å². The van der Waals surface area contributed by atoms with Gasteiger partial charge in [0.15, 0.2) is 9.84 Å². The molecule has 2 aromatic carbocycles. The number of aromatic nitrogens is 2. The zero-order chi connectivity index (χ0) is 17.9. The normalized spacial score (nSPS) is 11.6. The Kier molecular flexibility index (Phi) is 5.01. The lowest BCUT2D eigenvalue weighted by molar-refractivity contribution is 0.269. The second-order valence-electron chi connectivity index (χ2n) is 5.95. The predicted molar refractivity (Wildman–Crippen MR) is 97.1 cm³/mol. The van der Waals surface area contributed by atoms with Gasteiger partial charge < -0.3 is 5.11 Å². The van der Waals surface area contributed by atoms with Crippen LogP contribution in [-0.4, -0.2) is 36.2 Å². The molecule has 1 N–H and O–H groups in total. The number of aliphatic hydroxyl groups is 1. The Morgan fingerprint density at radius 2 is 1.72 bits per heavy atom. The minimum absolute atomic E-state index is 0.0128. The largest absolute Gasteiger partial charge is 0.394 e. The first-order valence-corrected chi connectivity index (χ1v) is 9.88. The number of rotatable bonds is 6. The van der Waals surface area contributed by atoms with Crippen molar-refractivity contribution in [1.29, 1.82) is 0 Å². The van der Waals surface area contributed by atoms with E-state index in [1.807, 2.05) is 24.4 Å². The number of benzene rings is 2. The number of hydrogen-bond acceptors (Lipinski definition) is 4. The van der Waals surface area contributed by atoms with Gasteiger partial charge >= 0.3 is 0 Å². The molecule has 1 aromatic heterocycles. The van der Waals surface area contributed by atoms with Crippen LogP contribution in [0.3, 0.4) is 0 Å². The monoisotopic (exact) mass is 356 g/mol. The highest BCUT2D eigenvalue weighted by Gasteiger charge is 2.13. The Morgan fingerprint density at radius 3 is 2.32 bits per heavy atom. The van der Waals surface area contributed by atoms with Gasteiger partial charge in [-0.2, -0.15) is 5.10 Å². The molecule has 1 heterocycles. The molecule has 0 aliphatic heterocycles. The van der Waals surface area contributed by atoms with E-state index in [4.69, 9.17) is 0 Å². The van der Waals surface area contributed by atoms with Crippen molar-refractivity contribution in [2.45, 2.75) is 17.9 Å². The van der Waals surface area contributed by atoms with Gasteiger partial charge in [-0.25, -0.2) is 8.42 Å². The molecule has 0 amide bonds. The number of hydrogen-bond donors (Lipinski definition) is 1. The van der Waals surface area contributed by atoms with Crippen molar-refractivity contribution in [3.63, 3.8) is 0 Å². The molecule has 0 aliphatic rings. The molecule has 0 saturated heterocycles. The van der Waals surface area contributed by atoms with E-state index in [2.05, 4.69) is 17.2 Å². The molecular weight excluding hydrogens is 336 g/mol. The van der Waals surface area contributed by atoms with E-state index in [-0.39, 0.29) is 11.5 Å². The van der Waals surface area contributed by atoms with Crippen molar-refractivity contribution in [2.75, 3.05) is 12.9 Å². The Hall–Kier alpha value is -2.44. The summed E-state index contributed by atoms with van der Waals surface area (Å²) < 4.78 is 25.0. The summed E-state index contributed by atoms with van der Waals surface area (Å²) >= 11 is 0. The number of sulfone groups is 1. The van der Waals surface area contributed by atoms with Crippen LogP contribution in [0.15, 0.2) is 65.7 Å². The third-order valence-corrected chi connectivity index (χ3v) is 5.09. The zero-order valence-electron chi connectivity index (χ0n) is 14.0. The first-order chi connectivity index (χ1) is 12.0. The fourth-order valence-electron chi connectivity index (χ4n) is 2.73. The standard InChI is InChI=1S/C19H20N2O3S/c1-25(23,24)18-9-7-16(8-10-18)19-17(14-21(20-19)11-12-22)13-15-5-3-2-4-6-15/h2-10,14,22H,11-13H2,1H3. The molecule has 0 unspecified atom stereocenters. The SMILES string of the molecule is CS(=O)(=O)c1ccc(-c2nn(CCO)cc2Cc2ccccc2)cc1. The maximum Gasteiger partial charge on any atom is 0.175 e. The highest BCUT2D eigenvalue weighted by molar-refractivity contribution is 7.90. The second-order valence-corrected chi connectivity index (χ2v) is 7.96. The van der Waals surface area contributed by atoms with Crippen LogP contribution in [0.1, 0.15) is 11.1 Å². The van der Waals surface area contributed by atoms with E-state index in [0.29, 0.717) is 6.54 Å². The van der Waals surface area contributed by atoms with E-state index >= 15 is 0 Å². The molecule has 0 spiro atoms. The summed E-state index contributed by atoms with van der Waals surface area (Å²) in [6, 6.07) is 16.8. The minimum atomic E-state index is -3.22. The highest BCUT2D eigenvalue weighted by Crippen LogP contribution is 2.25.